The van der Waals surface area contributed by atoms with Gasteiger partial charge in [-0.25, -0.2) is 8.57 Å². The summed E-state index contributed by atoms with van der Waals surface area (Å²) in [7, 11) is -2.71. The van der Waals surface area contributed by atoms with Crippen molar-refractivity contribution in [3.8, 4) is 0 Å². The van der Waals surface area contributed by atoms with Gasteiger partial charge in [-0.05, 0) is 44.4 Å². The molecule has 6 unspecified atom stereocenters. The molecule has 2 saturated heterocycles. The highest BCUT2D eigenvalue weighted by molar-refractivity contribution is 7.93. The van der Waals surface area contributed by atoms with Gasteiger partial charge >= 0.3 is 0 Å². The summed E-state index contributed by atoms with van der Waals surface area (Å²) in [6.07, 6.45) is 1.73. The lowest BCUT2D eigenvalue weighted by atomic mass is 9.97. The molecule has 6 heteroatoms. The van der Waals surface area contributed by atoms with Gasteiger partial charge in [0.15, 0.2) is 0 Å². The third kappa shape index (κ3) is 4.09. The van der Waals surface area contributed by atoms with Crippen molar-refractivity contribution in [3.05, 3.63) is 29.8 Å². The second kappa shape index (κ2) is 8.19. The molecule has 1 aromatic rings. The van der Waals surface area contributed by atoms with Crippen LogP contribution >= 0.6 is 0 Å². The molecular formula is C21H34N2O3S. The second-order valence-electron chi connectivity index (χ2n) is 8.58. The molecule has 0 amide bonds. The number of aliphatic hydroxyl groups is 2. The molecule has 152 valence electrons. The maximum atomic E-state index is 14.2. The molecule has 0 aliphatic carbocycles. The van der Waals surface area contributed by atoms with E-state index in [1.807, 2.05) is 45.0 Å². The molecule has 2 heterocycles. The van der Waals surface area contributed by atoms with E-state index in [0.717, 1.165) is 29.8 Å². The molecule has 0 radical (unpaired) electrons. The highest BCUT2D eigenvalue weighted by Crippen LogP contribution is 2.38. The molecule has 27 heavy (non-hydrogen) atoms. The van der Waals surface area contributed by atoms with Crippen LogP contribution in [-0.4, -0.2) is 62.5 Å². The zero-order valence-corrected chi connectivity index (χ0v) is 17.7. The molecule has 3 rings (SSSR count). The number of hydrogen-bond acceptors (Lipinski definition) is 5. The molecule has 2 N–H and O–H groups in total. The number of fused-ring (bicyclic) bond motifs is 1. The number of rotatable bonds is 6. The van der Waals surface area contributed by atoms with Crippen LogP contribution in [0.5, 0.6) is 0 Å². The van der Waals surface area contributed by atoms with Crippen molar-refractivity contribution in [2.24, 2.45) is 16.2 Å². The normalized spacial score (nSPS) is 31.7. The van der Waals surface area contributed by atoms with Gasteiger partial charge in [-0.3, -0.25) is 4.90 Å². The molecule has 5 nitrogen and oxygen atoms in total. The average Bonchev–Trinajstić information content (AvgIpc) is 3.19. The Bertz CT molecular complexity index is 755. The summed E-state index contributed by atoms with van der Waals surface area (Å²) >= 11 is 0. The second-order valence-corrected chi connectivity index (χ2v) is 10.9. The van der Waals surface area contributed by atoms with E-state index in [9.17, 15) is 14.4 Å². The summed E-state index contributed by atoms with van der Waals surface area (Å²) in [4.78, 5) is 3.08. The predicted octanol–water partition coefficient (Wildman–Crippen LogP) is 2.68. The average molecular weight is 395 g/mol. The van der Waals surface area contributed by atoms with Gasteiger partial charge in [-0.1, -0.05) is 38.5 Å². The zero-order valence-electron chi connectivity index (χ0n) is 16.9. The van der Waals surface area contributed by atoms with E-state index in [4.69, 9.17) is 4.36 Å². The van der Waals surface area contributed by atoms with Gasteiger partial charge in [0, 0.05) is 22.9 Å². The highest BCUT2D eigenvalue weighted by Gasteiger charge is 2.48. The topological polar surface area (TPSA) is 73.1 Å². The van der Waals surface area contributed by atoms with E-state index in [0.29, 0.717) is 5.75 Å². The van der Waals surface area contributed by atoms with Crippen molar-refractivity contribution in [1.29, 1.82) is 0 Å². The molecule has 0 saturated carbocycles. The molecule has 0 aromatic heterocycles. The van der Waals surface area contributed by atoms with Crippen molar-refractivity contribution in [2.45, 2.75) is 69.7 Å². The molecule has 2 fully saturated rings. The van der Waals surface area contributed by atoms with E-state index >= 15 is 0 Å². The van der Waals surface area contributed by atoms with Crippen LogP contribution in [0, 0.1) is 18.8 Å². The molecule has 6 atom stereocenters. The van der Waals surface area contributed by atoms with E-state index in [2.05, 4.69) is 11.8 Å². The summed E-state index contributed by atoms with van der Waals surface area (Å²) in [5.74, 6) is 0.601. The standard InChI is InChI=1S/C21H34N2O3S/c1-14(2)18(12-24)22-27(26,17-9-7-15(3)8-10-17)13-20-16(4)21(25)19-6-5-11-23(19)20/h7-10,14,16,18-21,24-25H,5-6,11-13H2,1-4H3. The van der Waals surface area contributed by atoms with Crippen LogP contribution < -0.4 is 0 Å². The van der Waals surface area contributed by atoms with Gasteiger partial charge in [-0.2, -0.15) is 0 Å². The van der Waals surface area contributed by atoms with Gasteiger partial charge in [0.1, 0.15) is 0 Å². The third-order valence-electron chi connectivity index (χ3n) is 6.36. The minimum absolute atomic E-state index is 0.0524. The van der Waals surface area contributed by atoms with Crippen LogP contribution in [0.1, 0.15) is 39.2 Å². The quantitative estimate of drug-likeness (QED) is 0.778. The maximum absolute atomic E-state index is 14.2. The Balaban J connectivity index is 2.01. The van der Waals surface area contributed by atoms with Crippen LogP contribution in [0.2, 0.25) is 0 Å². The van der Waals surface area contributed by atoms with E-state index in [-0.39, 0.29) is 42.7 Å². The first kappa shape index (κ1) is 20.8. The number of hydrogen-bond donors (Lipinski definition) is 2. The Morgan fingerprint density at radius 1 is 1.30 bits per heavy atom. The first-order valence-electron chi connectivity index (χ1n) is 10.1. The fourth-order valence-electron chi connectivity index (χ4n) is 4.49. The Morgan fingerprint density at radius 3 is 2.56 bits per heavy atom. The molecule has 0 bridgehead atoms. The third-order valence-corrected chi connectivity index (χ3v) is 8.77. The van der Waals surface area contributed by atoms with Crippen molar-refractivity contribution < 1.29 is 14.4 Å². The van der Waals surface area contributed by atoms with E-state index in [1.165, 1.54) is 0 Å². The predicted molar refractivity (Wildman–Crippen MR) is 109 cm³/mol. The fraction of sp³-hybridized carbons (Fsp3) is 0.714. The van der Waals surface area contributed by atoms with Crippen molar-refractivity contribution >= 4 is 9.73 Å². The molecule has 0 spiro atoms. The SMILES string of the molecule is Cc1ccc(S(=O)(CC2C(C)C(O)C3CCCN23)=NC(CO)C(C)C)cc1. The van der Waals surface area contributed by atoms with E-state index < -0.39 is 9.73 Å². The van der Waals surface area contributed by atoms with Crippen LogP contribution in [-0.2, 0) is 9.73 Å². The number of aliphatic hydroxyl groups excluding tert-OH is 2. The molecule has 2 aliphatic rings. The van der Waals surface area contributed by atoms with Crippen molar-refractivity contribution in [1.82, 2.24) is 4.90 Å². The summed E-state index contributed by atoms with van der Waals surface area (Å²) in [5.41, 5.74) is 1.12. The van der Waals surface area contributed by atoms with Gasteiger partial charge in [0.25, 0.3) is 0 Å². The van der Waals surface area contributed by atoms with Gasteiger partial charge in [0.2, 0.25) is 0 Å². The van der Waals surface area contributed by atoms with Crippen molar-refractivity contribution in [2.75, 3.05) is 18.9 Å². The minimum Gasteiger partial charge on any atom is -0.394 e. The number of benzene rings is 1. The Hall–Kier alpha value is -0.950. The monoisotopic (exact) mass is 394 g/mol. The Morgan fingerprint density at radius 2 is 1.96 bits per heavy atom. The van der Waals surface area contributed by atoms with Crippen LogP contribution in [0.15, 0.2) is 33.5 Å². The Kier molecular flexibility index (Phi) is 6.31. The molecule has 1 aromatic carbocycles. The number of nitrogens with zero attached hydrogens (tertiary/aromatic N) is 2. The summed E-state index contributed by atoms with van der Waals surface area (Å²) in [6, 6.07) is 7.65. The largest absolute Gasteiger partial charge is 0.394 e. The maximum Gasteiger partial charge on any atom is 0.0850 e. The molecular weight excluding hydrogens is 360 g/mol. The Labute approximate surface area is 164 Å². The smallest absolute Gasteiger partial charge is 0.0850 e. The summed E-state index contributed by atoms with van der Waals surface area (Å²) in [6.45, 7) is 8.92. The lowest BCUT2D eigenvalue weighted by Crippen LogP contribution is -2.39. The molecule has 2 aliphatic heterocycles. The first-order chi connectivity index (χ1) is 12.8. The summed E-state index contributed by atoms with van der Waals surface area (Å²) in [5, 5.41) is 20.4. The highest BCUT2D eigenvalue weighted by atomic mass is 32.2. The lowest BCUT2D eigenvalue weighted by molar-refractivity contribution is 0.112. The first-order valence-corrected chi connectivity index (χ1v) is 11.8. The van der Waals surface area contributed by atoms with Gasteiger partial charge < -0.3 is 10.2 Å². The zero-order chi connectivity index (χ0) is 19.8. The van der Waals surface area contributed by atoms with Gasteiger partial charge in [0.05, 0.1) is 34.2 Å². The van der Waals surface area contributed by atoms with Crippen LogP contribution in [0.4, 0.5) is 0 Å². The van der Waals surface area contributed by atoms with Gasteiger partial charge in [-0.15, -0.1) is 0 Å². The lowest BCUT2D eigenvalue weighted by Gasteiger charge is -2.28. The van der Waals surface area contributed by atoms with Crippen LogP contribution in [0.25, 0.3) is 0 Å². The fourth-order valence-corrected chi connectivity index (χ4v) is 7.16. The summed E-state index contributed by atoms with van der Waals surface area (Å²) < 4.78 is 18.9. The van der Waals surface area contributed by atoms with Crippen LogP contribution in [0.3, 0.4) is 0 Å². The minimum atomic E-state index is -2.71. The van der Waals surface area contributed by atoms with Crippen molar-refractivity contribution in [3.63, 3.8) is 0 Å². The van der Waals surface area contributed by atoms with E-state index in [1.54, 1.807) is 0 Å². The number of aryl methyl sites for hydroxylation is 1.